The van der Waals surface area contributed by atoms with E-state index in [1.807, 2.05) is 0 Å². The Morgan fingerprint density at radius 3 is 2.57 bits per heavy atom. The molecule has 2 rings (SSSR count). The van der Waals surface area contributed by atoms with Gasteiger partial charge < -0.3 is 10.1 Å². The highest BCUT2D eigenvalue weighted by atomic mass is 19.4. The van der Waals surface area contributed by atoms with Crippen molar-refractivity contribution in [2.24, 2.45) is 5.92 Å². The second-order valence-corrected chi connectivity index (χ2v) is 4.92. The first-order chi connectivity index (χ1) is 9.77. The molecule has 0 aliphatic heterocycles. The molecule has 1 amide bonds. The van der Waals surface area contributed by atoms with Crippen LogP contribution in [-0.4, -0.2) is 18.0 Å². The maximum Gasteiger partial charge on any atom is 0.416 e. The number of carbonyl (C=O) groups excluding carboxylic acids is 2. The van der Waals surface area contributed by atoms with Crippen LogP contribution >= 0.6 is 0 Å². The van der Waals surface area contributed by atoms with Crippen LogP contribution in [0.25, 0.3) is 0 Å². The maximum atomic E-state index is 12.5. The number of alkyl halides is 3. The molecule has 0 aromatic heterocycles. The van der Waals surface area contributed by atoms with E-state index in [0.717, 1.165) is 25.0 Å². The van der Waals surface area contributed by atoms with E-state index in [-0.39, 0.29) is 11.6 Å². The minimum atomic E-state index is -4.48. The molecule has 1 aliphatic rings. The lowest BCUT2D eigenvalue weighted by molar-refractivity contribution is -0.154. The summed E-state index contributed by atoms with van der Waals surface area (Å²) in [7, 11) is 0. The second-order valence-electron chi connectivity index (χ2n) is 4.92. The van der Waals surface area contributed by atoms with Gasteiger partial charge in [0.1, 0.15) is 0 Å². The summed E-state index contributed by atoms with van der Waals surface area (Å²) in [5.41, 5.74) is -0.855. The maximum absolute atomic E-state index is 12.5. The minimum absolute atomic E-state index is 0.00384. The molecular weight excluding hydrogens is 287 g/mol. The SMILES string of the molecule is C[C@H](OC(=O)C1CC1)C(=O)Nc1cccc(C(F)(F)F)c1. The Hall–Kier alpha value is -2.05. The summed E-state index contributed by atoms with van der Waals surface area (Å²) in [5.74, 6) is -1.25. The summed E-state index contributed by atoms with van der Waals surface area (Å²) in [5, 5.41) is 2.30. The normalized spacial score (nSPS) is 16.2. The molecular formula is C14H14F3NO3. The third kappa shape index (κ3) is 4.21. The summed E-state index contributed by atoms with van der Waals surface area (Å²) in [6, 6.07) is 4.27. The minimum Gasteiger partial charge on any atom is -0.452 e. The third-order valence-corrected chi connectivity index (χ3v) is 3.03. The predicted octanol–water partition coefficient (Wildman–Crippen LogP) is 2.99. The van der Waals surface area contributed by atoms with Crippen LogP contribution in [0, 0.1) is 5.92 Å². The van der Waals surface area contributed by atoms with E-state index in [9.17, 15) is 22.8 Å². The number of carbonyl (C=O) groups is 2. The van der Waals surface area contributed by atoms with Gasteiger partial charge in [-0.25, -0.2) is 0 Å². The third-order valence-electron chi connectivity index (χ3n) is 3.03. The summed E-state index contributed by atoms with van der Waals surface area (Å²) in [6.07, 6.45) is -4.03. The van der Waals surface area contributed by atoms with Crippen LogP contribution < -0.4 is 5.32 Å². The Labute approximate surface area is 119 Å². The molecule has 1 fully saturated rings. The highest BCUT2D eigenvalue weighted by Crippen LogP contribution is 2.31. The molecule has 0 spiro atoms. The van der Waals surface area contributed by atoms with E-state index in [2.05, 4.69) is 5.32 Å². The average molecular weight is 301 g/mol. The van der Waals surface area contributed by atoms with E-state index in [0.29, 0.717) is 0 Å². The number of nitrogens with one attached hydrogen (secondary N) is 1. The zero-order valence-electron chi connectivity index (χ0n) is 11.2. The molecule has 1 aromatic rings. The van der Waals surface area contributed by atoms with E-state index in [1.54, 1.807) is 0 Å². The molecule has 0 radical (unpaired) electrons. The van der Waals surface area contributed by atoms with E-state index >= 15 is 0 Å². The van der Waals surface area contributed by atoms with Crippen LogP contribution in [0.2, 0.25) is 0 Å². The van der Waals surface area contributed by atoms with Crippen molar-refractivity contribution in [2.45, 2.75) is 32.0 Å². The molecule has 0 heterocycles. The number of anilines is 1. The lowest BCUT2D eigenvalue weighted by Gasteiger charge is -2.14. The first-order valence-corrected chi connectivity index (χ1v) is 6.46. The highest BCUT2D eigenvalue weighted by molar-refractivity contribution is 5.95. The smallest absolute Gasteiger partial charge is 0.416 e. The number of hydrogen-bond donors (Lipinski definition) is 1. The topological polar surface area (TPSA) is 55.4 Å². The van der Waals surface area contributed by atoms with Crippen molar-refractivity contribution in [3.63, 3.8) is 0 Å². The zero-order valence-corrected chi connectivity index (χ0v) is 11.2. The van der Waals surface area contributed by atoms with Crippen molar-refractivity contribution in [1.82, 2.24) is 0 Å². The number of hydrogen-bond acceptors (Lipinski definition) is 3. The van der Waals surface area contributed by atoms with Crippen LogP contribution in [0.3, 0.4) is 0 Å². The van der Waals surface area contributed by atoms with E-state index in [4.69, 9.17) is 4.74 Å². The predicted molar refractivity (Wildman–Crippen MR) is 68.4 cm³/mol. The second kappa shape index (κ2) is 5.75. The van der Waals surface area contributed by atoms with Crippen molar-refractivity contribution in [2.75, 3.05) is 5.32 Å². The van der Waals surface area contributed by atoms with Crippen LogP contribution in [-0.2, 0) is 20.5 Å². The van der Waals surface area contributed by atoms with Gasteiger partial charge in [0, 0.05) is 5.69 Å². The number of benzene rings is 1. The number of ether oxygens (including phenoxy) is 1. The van der Waals surface area contributed by atoms with Gasteiger partial charge in [0.15, 0.2) is 6.10 Å². The number of halogens is 3. The van der Waals surface area contributed by atoms with Gasteiger partial charge in [-0.1, -0.05) is 6.07 Å². The van der Waals surface area contributed by atoms with Crippen LogP contribution in [0.15, 0.2) is 24.3 Å². The van der Waals surface area contributed by atoms with Gasteiger partial charge in [-0.2, -0.15) is 13.2 Å². The zero-order chi connectivity index (χ0) is 15.6. The number of esters is 1. The molecule has 114 valence electrons. The fraction of sp³-hybridized carbons (Fsp3) is 0.429. The Bertz CT molecular complexity index is 553. The van der Waals surface area contributed by atoms with Gasteiger partial charge in [-0.05, 0) is 38.0 Å². The molecule has 1 atom stereocenters. The molecule has 7 heteroatoms. The first-order valence-electron chi connectivity index (χ1n) is 6.46. The van der Waals surface area contributed by atoms with Gasteiger partial charge in [0.2, 0.25) is 0 Å². The number of amides is 1. The highest BCUT2D eigenvalue weighted by Gasteiger charge is 2.34. The van der Waals surface area contributed by atoms with Crippen molar-refractivity contribution < 1.29 is 27.5 Å². The van der Waals surface area contributed by atoms with Crippen LogP contribution in [0.5, 0.6) is 0 Å². The largest absolute Gasteiger partial charge is 0.452 e. The molecule has 1 N–H and O–H groups in total. The quantitative estimate of drug-likeness (QED) is 0.870. The number of rotatable bonds is 4. The van der Waals surface area contributed by atoms with E-state index in [1.165, 1.54) is 19.1 Å². The molecule has 0 unspecified atom stereocenters. The van der Waals surface area contributed by atoms with Crippen LogP contribution in [0.1, 0.15) is 25.3 Å². The van der Waals surface area contributed by atoms with Crippen molar-refractivity contribution >= 4 is 17.6 Å². The first kappa shape index (κ1) is 15.3. The molecule has 1 aromatic carbocycles. The lowest BCUT2D eigenvalue weighted by atomic mass is 10.2. The lowest BCUT2D eigenvalue weighted by Crippen LogP contribution is -2.30. The summed E-state index contributed by atoms with van der Waals surface area (Å²) in [4.78, 5) is 23.2. The fourth-order valence-corrected chi connectivity index (χ4v) is 1.66. The van der Waals surface area contributed by atoms with Crippen molar-refractivity contribution in [3.8, 4) is 0 Å². The summed E-state index contributed by atoms with van der Waals surface area (Å²) >= 11 is 0. The molecule has 21 heavy (non-hydrogen) atoms. The van der Waals surface area contributed by atoms with Gasteiger partial charge in [0.25, 0.3) is 5.91 Å². The molecule has 1 saturated carbocycles. The Balaban J connectivity index is 1.97. The van der Waals surface area contributed by atoms with Crippen molar-refractivity contribution in [1.29, 1.82) is 0 Å². The van der Waals surface area contributed by atoms with E-state index < -0.39 is 29.7 Å². The Morgan fingerprint density at radius 1 is 1.33 bits per heavy atom. The van der Waals surface area contributed by atoms with Gasteiger partial charge >= 0.3 is 12.1 Å². The summed E-state index contributed by atoms with van der Waals surface area (Å²) in [6.45, 7) is 1.38. The van der Waals surface area contributed by atoms with Crippen LogP contribution in [0.4, 0.5) is 18.9 Å². The fourth-order valence-electron chi connectivity index (χ4n) is 1.66. The monoisotopic (exact) mass is 301 g/mol. The van der Waals surface area contributed by atoms with Gasteiger partial charge in [-0.3, -0.25) is 9.59 Å². The Kier molecular flexibility index (Phi) is 4.20. The molecule has 1 aliphatic carbocycles. The standard InChI is InChI=1S/C14H14F3NO3/c1-8(21-13(20)9-5-6-9)12(19)18-11-4-2-3-10(7-11)14(15,16)17/h2-4,7-9H,5-6H2,1H3,(H,18,19)/t8-/m0/s1. The van der Waals surface area contributed by atoms with Crippen molar-refractivity contribution in [3.05, 3.63) is 29.8 Å². The van der Waals surface area contributed by atoms with Gasteiger partial charge in [-0.15, -0.1) is 0 Å². The Morgan fingerprint density at radius 2 is 2.00 bits per heavy atom. The van der Waals surface area contributed by atoms with Gasteiger partial charge in [0.05, 0.1) is 11.5 Å². The molecule has 0 saturated heterocycles. The molecule has 0 bridgehead atoms. The summed E-state index contributed by atoms with van der Waals surface area (Å²) < 4.78 is 42.6. The average Bonchev–Trinajstić information content (AvgIpc) is 3.22. The molecule has 4 nitrogen and oxygen atoms in total.